The van der Waals surface area contributed by atoms with Gasteiger partial charge in [-0.3, -0.25) is 4.79 Å². The van der Waals surface area contributed by atoms with Gasteiger partial charge in [0.05, 0.1) is 17.0 Å². The van der Waals surface area contributed by atoms with E-state index in [0.717, 1.165) is 17.5 Å². The van der Waals surface area contributed by atoms with E-state index in [4.69, 9.17) is 5.73 Å². The van der Waals surface area contributed by atoms with Gasteiger partial charge in [-0.05, 0) is 36.6 Å². The van der Waals surface area contributed by atoms with Crippen LogP contribution in [0.2, 0.25) is 0 Å². The molecule has 2 aromatic carbocycles. The van der Waals surface area contributed by atoms with Gasteiger partial charge in [0.1, 0.15) is 0 Å². The average Bonchev–Trinajstić information content (AvgIpc) is 2.60. The molecule has 0 saturated carbocycles. The maximum absolute atomic E-state index is 12.5. The Kier molecular flexibility index (Phi) is 8.47. The summed E-state index contributed by atoms with van der Waals surface area (Å²) in [7, 11) is -3.34. The van der Waals surface area contributed by atoms with Gasteiger partial charge >= 0.3 is 0 Å². The molecule has 2 unspecified atom stereocenters. The van der Waals surface area contributed by atoms with E-state index in [1.165, 1.54) is 6.26 Å². The summed E-state index contributed by atoms with van der Waals surface area (Å²) in [5.74, 6) is -0.248. The van der Waals surface area contributed by atoms with Crippen molar-refractivity contribution in [2.75, 3.05) is 6.26 Å². The fraction of sp³-hybridized carbons (Fsp3) is 0.350. The number of carbonyl (C=O) groups is 1. The minimum atomic E-state index is -3.34. The second kappa shape index (κ2) is 9.88. The fourth-order valence-corrected chi connectivity index (χ4v) is 3.41. The maximum atomic E-state index is 12.5. The molecule has 148 valence electrons. The van der Waals surface area contributed by atoms with Gasteiger partial charge < -0.3 is 11.1 Å². The number of carbonyl (C=O) groups excluding carboxylic acids is 1. The molecule has 0 aliphatic carbocycles. The Morgan fingerprint density at radius 2 is 1.74 bits per heavy atom. The summed E-state index contributed by atoms with van der Waals surface area (Å²) >= 11 is 0. The summed E-state index contributed by atoms with van der Waals surface area (Å²) in [5, 5.41) is 2.97. The number of rotatable bonds is 7. The van der Waals surface area contributed by atoms with Gasteiger partial charge in [-0.15, -0.1) is 12.4 Å². The van der Waals surface area contributed by atoms with Gasteiger partial charge in [-0.2, -0.15) is 0 Å². The SMILES string of the molecule is CCCC(N)C(=O)NC(c1ccc(C)cc1)c1cccc(S(C)(=O)=O)c1.Cl. The molecular weight excluding hydrogens is 384 g/mol. The van der Waals surface area contributed by atoms with Crippen LogP contribution in [0.4, 0.5) is 0 Å². The van der Waals surface area contributed by atoms with Crippen molar-refractivity contribution in [1.82, 2.24) is 5.32 Å². The standard InChI is InChI=1S/C20H26N2O3S.ClH/c1-4-6-18(21)20(23)22-19(15-11-9-14(2)10-12-15)16-7-5-8-17(13-16)26(3,24)25;/h5,7-13,18-19H,4,6,21H2,1-3H3,(H,22,23);1H. The number of hydrogen-bond acceptors (Lipinski definition) is 4. The summed E-state index contributed by atoms with van der Waals surface area (Å²) in [6.45, 7) is 3.96. The van der Waals surface area contributed by atoms with Crippen molar-refractivity contribution in [3.05, 3.63) is 65.2 Å². The first-order valence-electron chi connectivity index (χ1n) is 8.65. The van der Waals surface area contributed by atoms with E-state index < -0.39 is 21.9 Å². The summed E-state index contributed by atoms with van der Waals surface area (Å²) < 4.78 is 23.8. The molecule has 0 aliphatic rings. The molecule has 0 aromatic heterocycles. The molecule has 0 spiro atoms. The number of hydrogen-bond donors (Lipinski definition) is 2. The normalized spacial score (nSPS) is 13.3. The van der Waals surface area contributed by atoms with Crippen LogP contribution < -0.4 is 11.1 Å². The Bertz CT molecular complexity index is 867. The number of aryl methyl sites for hydroxylation is 1. The van der Waals surface area contributed by atoms with E-state index in [2.05, 4.69) is 5.32 Å². The van der Waals surface area contributed by atoms with Gasteiger partial charge in [0.25, 0.3) is 0 Å². The molecule has 0 bridgehead atoms. The highest BCUT2D eigenvalue weighted by Gasteiger charge is 2.21. The van der Waals surface area contributed by atoms with Crippen LogP contribution in [-0.2, 0) is 14.6 Å². The summed E-state index contributed by atoms with van der Waals surface area (Å²) in [6.07, 6.45) is 2.58. The van der Waals surface area contributed by atoms with Crippen LogP contribution in [0.5, 0.6) is 0 Å². The molecule has 2 atom stereocenters. The Morgan fingerprint density at radius 3 is 2.30 bits per heavy atom. The van der Waals surface area contributed by atoms with Gasteiger partial charge in [0.15, 0.2) is 9.84 Å². The zero-order valence-electron chi connectivity index (χ0n) is 15.8. The van der Waals surface area contributed by atoms with Crippen LogP contribution in [0.1, 0.15) is 42.5 Å². The van der Waals surface area contributed by atoms with Crippen molar-refractivity contribution in [3.63, 3.8) is 0 Å². The van der Waals surface area contributed by atoms with Crippen molar-refractivity contribution >= 4 is 28.2 Å². The lowest BCUT2D eigenvalue weighted by atomic mass is 9.97. The van der Waals surface area contributed by atoms with Crippen LogP contribution in [-0.4, -0.2) is 26.6 Å². The van der Waals surface area contributed by atoms with Crippen molar-refractivity contribution in [2.24, 2.45) is 5.73 Å². The smallest absolute Gasteiger partial charge is 0.237 e. The van der Waals surface area contributed by atoms with Crippen molar-refractivity contribution < 1.29 is 13.2 Å². The molecule has 7 heteroatoms. The van der Waals surface area contributed by atoms with Gasteiger partial charge in [-0.25, -0.2) is 8.42 Å². The maximum Gasteiger partial charge on any atom is 0.237 e. The Morgan fingerprint density at radius 1 is 1.11 bits per heavy atom. The molecule has 3 N–H and O–H groups in total. The topological polar surface area (TPSA) is 89.3 Å². The Labute approximate surface area is 167 Å². The summed E-state index contributed by atoms with van der Waals surface area (Å²) in [4.78, 5) is 12.7. The molecule has 2 aromatic rings. The first-order valence-corrected chi connectivity index (χ1v) is 10.5. The lowest BCUT2D eigenvalue weighted by Crippen LogP contribution is -2.42. The molecule has 2 rings (SSSR count). The number of sulfone groups is 1. The van der Waals surface area contributed by atoms with Crippen LogP contribution in [0, 0.1) is 6.92 Å². The zero-order chi connectivity index (χ0) is 19.3. The van der Waals surface area contributed by atoms with Crippen LogP contribution >= 0.6 is 12.4 Å². The molecule has 27 heavy (non-hydrogen) atoms. The molecular formula is C20H27ClN2O3S. The molecule has 0 radical (unpaired) electrons. The quantitative estimate of drug-likeness (QED) is 0.733. The van der Waals surface area contributed by atoms with Crippen molar-refractivity contribution in [2.45, 2.75) is 43.7 Å². The highest BCUT2D eigenvalue weighted by molar-refractivity contribution is 7.90. The van der Waals surface area contributed by atoms with Crippen molar-refractivity contribution in [1.29, 1.82) is 0 Å². The predicted molar refractivity (Wildman–Crippen MR) is 111 cm³/mol. The average molecular weight is 411 g/mol. The first kappa shape index (κ1) is 23.1. The summed E-state index contributed by atoms with van der Waals surface area (Å²) in [5.41, 5.74) is 8.63. The van der Waals surface area contributed by atoms with E-state index in [1.54, 1.807) is 18.2 Å². The predicted octanol–water partition coefficient (Wildman–Crippen LogP) is 3.15. The van der Waals surface area contributed by atoms with E-state index in [9.17, 15) is 13.2 Å². The molecule has 1 amide bonds. The van der Waals surface area contributed by atoms with Gasteiger partial charge in [0.2, 0.25) is 5.91 Å². The van der Waals surface area contributed by atoms with Crippen molar-refractivity contribution in [3.8, 4) is 0 Å². The van der Waals surface area contributed by atoms with E-state index in [1.807, 2.05) is 44.2 Å². The third kappa shape index (κ3) is 6.34. The third-order valence-electron chi connectivity index (χ3n) is 4.25. The second-order valence-electron chi connectivity index (χ2n) is 6.59. The second-order valence-corrected chi connectivity index (χ2v) is 8.61. The molecule has 0 saturated heterocycles. The van der Waals surface area contributed by atoms with Gasteiger partial charge in [-0.1, -0.05) is 55.3 Å². The number of nitrogens with one attached hydrogen (secondary N) is 1. The Hall–Kier alpha value is -1.89. The third-order valence-corrected chi connectivity index (χ3v) is 5.36. The molecule has 0 fully saturated rings. The van der Waals surface area contributed by atoms with Crippen LogP contribution in [0.15, 0.2) is 53.4 Å². The fourth-order valence-electron chi connectivity index (χ4n) is 2.73. The lowest BCUT2D eigenvalue weighted by molar-refractivity contribution is -0.123. The zero-order valence-corrected chi connectivity index (χ0v) is 17.4. The summed E-state index contributed by atoms with van der Waals surface area (Å²) in [6, 6.07) is 13.4. The Balaban J connectivity index is 0.00000364. The minimum Gasteiger partial charge on any atom is -0.344 e. The number of halogens is 1. The van der Waals surface area contributed by atoms with E-state index >= 15 is 0 Å². The largest absolute Gasteiger partial charge is 0.344 e. The highest BCUT2D eigenvalue weighted by Crippen LogP contribution is 2.25. The monoisotopic (exact) mass is 410 g/mol. The lowest BCUT2D eigenvalue weighted by Gasteiger charge is -2.22. The first-order chi connectivity index (χ1) is 12.2. The molecule has 0 heterocycles. The van der Waals surface area contributed by atoms with E-state index in [0.29, 0.717) is 12.0 Å². The van der Waals surface area contributed by atoms with Gasteiger partial charge in [0, 0.05) is 6.26 Å². The minimum absolute atomic E-state index is 0. The number of benzene rings is 2. The molecule has 0 aliphatic heterocycles. The number of amides is 1. The number of nitrogens with two attached hydrogens (primary N) is 1. The highest BCUT2D eigenvalue weighted by atomic mass is 35.5. The molecule has 5 nitrogen and oxygen atoms in total. The van der Waals surface area contributed by atoms with E-state index in [-0.39, 0.29) is 23.2 Å². The van der Waals surface area contributed by atoms with Crippen LogP contribution in [0.3, 0.4) is 0 Å². The van der Waals surface area contributed by atoms with Crippen LogP contribution in [0.25, 0.3) is 0 Å².